The number of aldehydes is 1. The van der Waals surface area contributed by atoms with Crippen molar-refractivity contribution in [1.82, 2.24) is 0 Å². The predicted octanol–water partition coefficient (Wildman–Crippen LogP) is 12.8. The molecule has 5 rings (SSSR count). The zero-order valence-electron chi connectivity index (χ0n) is 24.8. The Morgan fingerprint density at radius 1 is 0.829 bits per heavy atom. The molecule has 5 heterocycles. The maximum atomic E-state index is 10.3. The van der Waals surface area contributed by atoms with Crippen LogP contribution in [-0.2, 0) is 5.60 Å². The number of rotatable bonds is 5. The maximum Gasteiger partial charge on any atom is 0.160 e. The molecule has 0 aliphatic heterocycles. The number of thiophene rings is 5. The van der Waals surface area contributed by atoms with E-state index >= 15 is 0 Å². The summed E-state index contributed by atoms with van der Waals surface area (Å²) in [5.74, 6) is 1.23. The van der Waals surface area contributed by atoms with Gasteiger partial charge >= 0.3 is 0 Å². The van der Waals surface area contributed by atoms with E-state index in [-0.39, 0.29) is 0 Å². The maximum absolute atomic E-state index is 10.3. The first-order valence-electron chi connectivity index (χ1n) is 13.0. The number of carbonyl (C=O) groups is 1. The lowest BCUT2D eigenvalue weighted by atomic mass is 10.0. The van der Waals surface area contributed by atoms with Crippen LogP contribution in [0.25, 0.3) is 5.57 Å². The molecular weight excluding hydrogens is 669 g/mol. The number of hydrogen-bond acceptors (Lipinski definition) is 7. The Labute approximate surface area is 275 Å². The molecule has 0 saturated carbocycles. The molecule has 1 N–H and O–H groups in total. The van der Waals surface area contributed by atoms with Crippen molar-refractivity contribution in [2.45, 2.75) is 65.9 Å². The van der Waals surface area contributed by atoms with Crippen molar-refractivity contribution in [3.8, 4) is 0 Å². The van der Waals surface area contributed by atoms with E-state index in [4.69, 9.17) is 0 Å². The fourth-order valence-corrected chi connectivity index (χ4v) is 7.09. The van der Waals surface area contributed by atoms with Crippen molar-refractivity contribution in [1.29, 1.82) is 0 Å². The van der Waals surface area contributed by atoms with Crippen molar-refractivity contribution in [2.24, 2.45) is 0 Å². The summed E-state index contributed by atoms with van der Waals surface area (Å²) in [6.45, 7) is 18.1. The minimum Gasteiger partial charge on any atom is -0.386 e. The van der Waals surface area contributed by atoms with Gasteiger partial charge in [-0.15, -0.1) is 11.3 Å². The van der Waals surface area contributed by atoms with Crippen molar-refractivity contribution in [2.75, 3.05) is 0 Å². The zero-order chi connectivity index (χ0) is 30.8. The lowest BCUT2D eigenvalue weighted by molar-refractivity contribution is 0.0790. The first-order valence-corrected chi connectivity index (χ1v) is 18.5. The summed E-state index contributed by atoms with van der Waals surface area (Å²) >= 11 is 11.6. The molecule has 0 fully saturated rings. The Morgan fingerprint density at radius 2 is 1.39 bits per heavy atom. The largest absolute Gasteiger partial charge is 0.386 e. The number of allylic oxidation sites excluding steroid dienone is 1. The highest BCUT2D eigenvalue weighted by atomic mass is 79.9. The highest BCUT2D eigenvalue weighted by Gasteiger charge is 2.14. The van der Waals surface area contributed by atoms with E-state index < -0.39 is 5.60 Å². The standard InChI is InChI=1S/C8H10OS.C7H10OS.C7H10S.C7H8S.C4H3BrS/c1-6(2)7-3-8(4-9)10-5-7;1-7(2,8)6-3-4-9-5-6;2*1-6(2)7-3-4-8-5-7;5-4-1-2-6-3-4/h3-6H,1-2H3;3-5,8H,1-2H3;3-6H,1-2H3;3-5H,1H2,2H3;1-3H. The molecule has 5 aromatic heterocycles. The van der Waals surface area contributed by atoms with Gasteiger partial charge in [-0.2, -0.15) is 45.3 Å². The van der Waals surface area contributed by atoms with E-state index in [2.05, 4.69) is 83.9 Å². The third kappa shape index (κ3) is 16.5. The Morgan fingerprint density at radius 3 is 1.63 bits per heavy atom. The van der Waals surface area contributed by atoms with E-state index in [9.17, 15) is 9.90 Å². The lowest BCUT2D eigenvalue weighted by Gasteiger charge is -2.14. The van der Waals surface area contributed by atoms with Gasteiger partial charge in [-0.1, -0.05) is 39.8 Å². The summed E-state index contributed by atoms with van der Waals surface area (Å²) in [6, 6.07) is 10.2. The molecule has 0 aliphatic rings. The molecule has 5 aromatic rings. The molecule has 0 spiro atoms. The molecular formula is C33H41BrO2S5. The summed E-state index contributed by atoms with van der Waals surface area (Å²) in [5.41, 5.74) is 5.44. The van der Waals surface area contributed by atoms with Gasteiger partial charge in [0.2, 0.25) is 0 Å². The van der Waals surface area contributed by atoms with E-state index in [1.165, 1.54) is 32.5 Å². The molecule has 8 heteroatoms. The van der Waals surface area contributed by atoms with Crippen LogP contribution in [0, 0.1) is 0 Å². The number of aliphatic hydroxyl groups is 1. The van der Waals surface area contributed by atoms with Gasteiger partial charge in [-0.25, -0.2) is 0 Å². The van der Waals surface area contributed by atoms with E-state index in [0.717, 1.165) is 22.3 Å². The van der Waals surface area contributed by atoms with Crippen molar-refractivity contribution in [3.05, 3.63) is 117 Å². The minimum absolute atomic E-state index is 0.532. The summed E-state index contributed by atoms with van der Waals surface area (Å²) in [4.78, 5) is 11.1. The molecule has 0 saturated heterocycles. The minimum atomic E-state index is -0.667. The van der Waals surface area contributed by atoms with Gasteiger partial charge in [0, 0.05) is 9.85 Å². The SMILES string of the molecule is Brc1ccsc1.C=C(C)c1ccsc1.CC(C)(O)c1ccsc1.CC(C)c1ccsc1.CC(C)c1csc(C=O)c1. The Balaban J connectivity index is 0.000000258. The van der Waals surface area contributed by atoms with Crippen LogP contribution in [0.4, 0.5) is 0 Å². The summed E-state index contributed by atoms with van der Waals surface area (Å²) < 4.78 is 1.17. The molecule has 0 atom stereocenters. The second-order valence-corrected chi connectivity index (χ2v) is 15.0. The normalized spacial score (nSPS) is 10.2. The molecule has 0 aliphatic carbocycles. The van der Waals surface area contributed by atoms with E-state index in [1.807, 2.05) is 52.0 Å². The Bertz CT molecular complexity index is 1310. The van der Waals surface area contributed by atoms with Gasteiger partial charge in [0.1, 0.15) is 0 Å². The molecule has 0 radical (unpaired) electrons. The van der Waals surface area contributed by atoms with E-state index in [1.54, 1.807) is 59.2 Å². The van der Waals surface area contributed by atoms with Crippen LogP contribution in [0.3, 0.4) is 0 Å². The third-order valence-corrected chi connectivity index (χ3v) is 9.78. The molecule has 41 heavy (non-hydrogen) atoms. The van der Waals surface area contributed by atoms with Crippen LogP contribution in [-0.4, -0.2) is 11.4 Å². The predicted molar refractivity (Wildman–Crippen MR) is 193 cm³/mol. The number of halogens is 1. The summed E-state index contributed by atoms with van der Waals surface area (Å²) in [5, 5.41) is 27.9. The fourth-order valence-electron chi connectivity index (χ4n) is 2.70. The van der Waals surface area contributed by atoms with E-state index in [0.29, 0.717) is 11.8 Å². The highest BCUT2D eigenvalue weighted by Crippen LogP contribution is 2.22. The second-order valence-electron chi connectivity index (χ2n) is 10.1. The van der Waals surface area contributed by atoms with Crippen LogP contribution < -0.4 is 0 Å². The van der Waals surface area contributed by atoms with Crippen LogP contribution in [0.15, 0.2) is 89.8 Å². The van der Waals surface area contributed by atoms with Crippen LogP contribution in [0.1, 0.15) is 92.2 Å². The fraction of sp³-hybridized carbons (Fsp3) is 0.303. The van der Waals surface area contributed by atoms with Crippen LogP contribution in [0.2, 0.25) is 0 Å². The topological polar surface area (TPSA) is 37.3 Å². The van der Waals surface area contributed by atoms with Crippen LogP contribution in [0.5, 0.6) is 0 Å². The van der Waals surface area contributed by atoms with Gasteiger partial charge in [-0.3, -0.25) is 4.79 Å². The van der Waals surface area contributed by atoms with Crippen molar-refractivity contribution in [3.63, 3.8) is 0 Å². The van der Waals surface area contributed by atoms with Gasteiger partial charge in [0.25, 0.3) is 0 Å². The molecule has 0 aromatic carbocycles. The van der Waals surface area contributed by atoms with Crippen molar-refractivity contribution < 1.29 is 9.90 Å². The van der Waals surface area contributed by atoms with Crippen LogP contribution >= 0.6 is 72.6 Å². The highest BCUT2D eigenvalue weighted by molar-refractivity contribution is 9.10. The monoisotopic (exact) mass is 708 g/mol. The number of hydrogen-bond donors (Lipinski definition) is 1. The number of carbonyl (C=O) groups excluding carboxylic acids is 1. The van der Waals surface area contributed by atoms with Gasteiger partial charge in [0.05, 0.1) is 10.5 Å². The van der Waals surface area contributed by atoms with Gasteiger partial charge < -0.3 is 5.11 Å². The average Bonchev–Trinajstić information content (AvgIpc) is 3.77. The van der Waals surface area contributed by atoms with Gasteiger partial charge in [0.15, 0.2) is 6.29 Å². The quantitative estimate of drug-likeness (QED) is 0.185. The van der Waals surface area contributed by atoms with Crippen molar-refractivity contribution >= 4 is 84.5 Å². The molecule has 0 unspecified atom stereocenters. The van der Waals surface area contributed by atoms with Gasteiger partial charge in [-0.05, 0) is 144 Å². The molecule has 2 nitrogen and oxygen atoms in total. The Kier molecular flexibility index (Phi) is 18.5. The third-order valence-electron chi connectivity index (χ3n) is 5.36. The molecule has 0 amide bonds. The zero-order valence-corrected chi connectivity index (χ0v) is 30.5. The molecule has 222 valence electrons. The summed E-state index contributed by atoms with van der Waals surface area (Å²) in [6.07, 6.45) is 0.899. The first kappa shape index (κ1) is 37.4. The lowest BCUT2D eigenvalue weighted by Crippen LogP contribution is -2.13. The average molecular weight is 710 g/mol. The summed E-state index contributed by atoms with van der Waals surface area (Å²) in [7, 11) is 0. The first-order chi connectivity index (χ1) is 19.3. The second kappa shape index (κ2) is 20.3. The smallest absolute Gasteiger partial charge is 0.160 e. The Hall–Kier alpha value is -1.65. The molecule has 0 bridgehead atoms.